The molecule has 1 saturated carbocycles. The maximum Gasteiger partial charge on any atom is 0.232 e. The zero-order valence-electron chi connectivity index (χ0n) is 8.32. The predicted molar refractivity (Wildman–Crippen MR) is 52.7 cm³/mol. The lowest BCUT2D eigenvalue weighted by Crippen LogP contribution is -2.01. The highest BCUT2D eigenvalue weighted by molar-refractivity contribution is 5.20. The van der Waals surface area contributed by atoms with Crippen LogP contribution in [0.4, 0.5) is 0 Å². The number of nitrogens with zero attached hydrogens (tertiary/aromatic N) is 3. The van der Waals surface area contributed by atoms with Gasteiger partial charge in [0.15, 0.2) is 0 Å². The number of rotatable bonds is 1. The van der Waals surface area contributed by atoms with Crippen molar-refractivity contribution >= 4 is 0 Å². The van der Waals surface area contributed by atoms with Crippen LogP contribution in [0.15, 0.2) is 6.07 Å². The Balaban J connectivity index is 2.33. The number of nitriles is 1. The van der Waals surface area contributed by atoms with Crippen molar-refractivity contribution in [1.29, 1.82) is 5.26 Å². The molecule has 1 heterocycles. The molecule has 0 spiro atoms. The molecule has 0 unspecified atom stereocenters. The van der Waals surface area contributed by atoms with Crippen LogP contribution in [0.25, 0.3) is 0 Å². The summed E-state index contributed by atoms with van der Waals surface area (Å²) in [6, 6.07) is 4.02. The second-order valence-electron chi connectivity index (χ2n) is 3.85. The van der Waals surface area contributed by atoms with Crippen molar-refractivity contribution < 1.29 is 0 Å². The molecule has 0 atom stereocenters. The molecule has 1 aliphatic rings. The van der Waals surface area contributed by atoms with E-state index < -0.39 is 0 Å². The van der Waals surface area contributed by atoms with Crippen molar-refractivity contribution in [1.82, 2.24) is 9.97 Å². The van der Waals surface area contributed by atoms with Gasteiger partial charge in [-0.15, -0.1) is 0 Å². The zero-order valence-corrected chi connectivity index (χ0v) is 8.32. The normalized spacial score (nSPS) is 16.9. The molecular formula is C11H13N3. The first-order valence-electron chi connectivity index (χ1n) is 5.05. The Labute approximate surface area is 83.8 Å². The van der Waals surface area contributed by atoms with Gasteiger partial charge in [-0.1, -0.05) is 12.8 Å². The van der Waals surface area contributed by atoms with Crippen LogP contribution < -0.4 is 0 Å². The highest BCUT2D eigenvalue weighted by Gasteiger charge is 2.19. The minimum absolute atomic E-state index is 0.312. The van der Waals surface area contributed by atoms with Crippen LogP contribution in [0.5, 0.6) is 0 Å². The quantitative estimate of drug-likeness (QED) is 0.677. The van der Waals surface area contributed by atoms with E-state index in [9.17, 15) is 0 Å². The Hall–Kier alpha value is -1.43. The summed E-state index contributed by atoms with van der Waals surface area (Å²) in [5.41, 5.74) is 1.96. The molecule has 0 radical (unpaired) electrons. The first-order valence-corrected chi connectivity index (χ1v) is 5.05. The minimum atomic E-state index is 0.312. The number of aryl methyl sites for hydroxylation is 1. The Morgan fingerprint density at radius 3 is 2.71 bits per heavy atom. The standard InChI is InChI=1S/C11H13N3/c1-8-6-10(9-4-2-3-5-9)14-11(7-12)13-8/h6,9H,2-5H2,1H3. The van der Waals surface area contributed by atoms with Crippen molar-refractivity contribution in [2.24, 2.45) is 0 Å². The summed E-state index contributed by atoms with van der Waals surface area (Å²) in [5.74, 6) is 0.871. The lowest BCUT2D eigenvalue weighted by atomic mass is 10.0. The fourth-order valence-electron chi connectivity index (χ4n) is 2.07. The van der Waals surface area contributed by atoms with E-state index in [0.29, 0.717) is 11.7 Å². The van der Waals surface area contributed by atoms with Crippen LogP contribution in [0.1, 0.15) is 48.8 Å². The molecule has 0 bridgehead atoms. The van der Waals surface area contributed by atoms with E-state index in [2.05, 4.69) is 9.97 Å². The molecule has 0 aliphatic heterocycles. The van der Waals surface area contributed by atoms with Gasteiger partial charge in [0.1, 0.15) is 6.07 Å². The second-order valence-corrected chi connectivity index (χ2v) is 3.85. The van der Waals surface area contributed by atoms with Crippen molar-refractivity contribution in [3.63, 3.8) is 0 Å². The summed E-state index contributed by atoms with van der Waals surface area (Å²) in [4.78, 5) is 8.31. The lowest BCUT2D eigenvalue weighted by molar-refractivity contribution is 0.689. The molecule has 1 aliphatic carbocycles. The average Bonchev–Trinajstić information content (AvgIpc) is 2.69. The molecule has 72 valence electrons. The van der Waals surface area contributed by atoms with Gasteiger partial charge in [0.25, 0.3) is 0 Å². The van der Waals surface area contributed by atoms with E-state index in [1.807, 2.05) is 19.1 Å². The fourth-order valence-corrected chi connectivity index (χ4v) is 2.07. The van der Waals surface area contributed by atoms with Crippen molar-refractivity contribution in [2.75, 3.05) is 0 Å². The molecule has 0 N–H and O–H groups in total. The summed E-state index contributed by atoms with van der Waals surface area (Å²) in [5, 5.41) is 8.75. The van der Waals surface area contributed by atoms with E-state index in [1.54, 1.807) is 0 Å². The van der Waals surface area contributed by atoms with Crippen LogP contribution in [-0.2, 0) is 0 Å². The number of aromatic nitrogens is 2. The van der Waals surface area contributed by atoms with E-state index in [0.717, 1.165) is 11.4 Å². The summed E-state index contributed by atoms with van der Waals surface area (Å²) >= 11 is 0. The molecular weight excluding hydrogens is 174 g/mol. The summed E-state index contributed by atoms with van der Waals surface area (Å²) in [6.45, 7) is 1.92. The molecule has 3 heteroatoms. The molecule has 2 rings (SSSR count). The molecule has 14 heavy (non-hydrogen) atoms. The molecule has 0 amide bonds. The second kappa shape index (κ2) is 3.75. The van der Waals surface area contributed by atoms with E-state index in [1.165, 1.54) is 25.7 Å². The van der Waals surface area contributed by atoms with Gasteiger partial charge < -0.3 is 0 Å². The van der Waals surface area contributed by atoms with Gasteiger partial charge in [-0.3, -0.25) is 0 Å². The SMILES string of the molecule is Cc1cc(C2CCCC2)nc(C#N)n1. The topological polar surface area (TPSA) is 49.6 Å². The van der Waals surface area contributed by atoms with Crippen molar-refractivity contribution in [3.8, 4) is 6.07 Å². The predicted octanol–water partition coefficient (Wildman–Crippen LogP) is 2.31. The fraction of sp³-hybridized carbons (Fsp3) is 0.545. The molecule has 0 saturated heterocycles. The third-order valence-corrected chi connectivity index (χ3v) is 2.75. The maximum absolute atomic E-state index is 8.75. The monoisotopic (exact) mass is 187 g/mol. The molecule has 3 nitrogen and oxygen atoms in total. The van der Waals surface area contributed by atoms with Crippen LogP contribution in [0, 0.1) is 18.3 Å². The van der Waals surface area contributed by atoms with Gasteiger partial charge in [-0.25, -0.2) is 9.97 Å². The number of hydrogen-bond donors (Lipinski definition) is 0. The number of hydrogen-bond acceptors (Lipinski definition) is 3. The Morgan fingerprint density at radius 2 is 2.07 bits per heavy atom. The molecule has 1 aromatic heterocycles. The van der Waals surface area contributed by atoms with Crippen LogP contribution in [0.3, 0.4) is 0 Å². The van der Waals surface area contributed by atoms with Crippen molar-refractivity contribution in [2.45, 2.75) is 38.5 Å². The smallest absolute Gasteiger partial charge is 0.224 e. The van der Waals surface area contributed by atoms with Gasteiger partial charge in [-0.05, 0) is 25.8 Å². The Bertz CT molecular complexity index is 373. The van der Waals surface area contributed by atoms with Gasteiger partial charge in [0.05, 0.1) is 0 Å². The third-order valence-electron chi connectivity index (χ3n) is 2.75. The van der Waals surface area contributed by atoms with Gasteiger partial charge >= 0.3 is 0 Å². The largest absolute Gasteiger partial charge is 0.232 e. The highest BCUT2D eigenvalue weighted by atomic mass is 14.9. The highest BCUT2D eigenvalue weighted by Crippen LogP contribution is 2.32. The average molecular weight is 187 g/mol. The van der Waals surface area contributed by atoms with E-state index >= 15 is 0 Å². The molecule has 1 fully saturated rings. The first kappa shape index (κ1) is 9.14. The Morgan fingerprint density at radius 1 is 1.36 bits per heavy atom. The van der Waals surface area contributed by atoms with Crippen LogP contribution >= 0.6 is 0 Å². The minimum Gasteiger partial charge on any atom is -0.224 e. The third kappa shape index (κ3) is 1.74. The van der Waals surface area contributed by atoms with E-state index in [4.69, 9.17) is 5.26 Å². The summed E-state index contributed by atoms with van der Waals surface area (Å²) in [7, 11) is 0. The summed E-state index contributed by atoms with van der Waals surface area (Å²) in [6.07, 6.45) is 4.99. The maximum atomic E-state index is 8.75. The summed E-state index contributed by atoms with van der Waals surface area (Å²) < 4.78 is 0. The van der Waals surface area contributed by atoms with Crippen molar-refractivity contribution in [3.05, 3.63) is 23.3 Å². The zero-order chi connectivity index (χ0) is 9.97. The van der Waals surface area contributed by atoms with Gasteiger partial charge in [0.2, 0.25) is 5.82 Å². The Kier molecular flexibility index (Phi) is 2.45. The molecule has 0 aromatic carbocycles. The van der Waals surface area contributed by atoms with Crippen LogP contribution in [-0.4, -0.2) is 9.97 Å². The molecule has 1 aromatic rings. The van der Waals surface area contributed by atoms with Gasteiger partial charge in [0, 0.05) is 17.3 Å². The lowest BCUT2D eigenvalue weighted by Gasteiger charge is -2.08. The van der Waals surface area contributed by atoms with Crippen LogP contribution in [0.2, 0.25) is 0 Å². The van der Waals surface area contributed by atoms with E-state index in [-0.39, 0.29) is 0 Å². The first-order chi connectivity index (χ1) is 6.79. The van der Waals surface area contributed by atoms with Gasteiger partial charge in [-0.2, -0.15) is 5.26 Å².